The van der Waals surface area contributed by atoms with E-state index >= 15 is 0 Å². The van der Waals surface area contributed by atoms with Gasteiger partial charge in [0, 0.05) is 6.61 Å². The second-order valence-corrected chi connectivity index (χ2v) is 2.07. The topological polar surface area (TPSA) is 44.2 Å². The van der Waals surface area contributed by atoms with Crippen molar-refractivity contribution >= 4 is 0 Å². The molecule has 0 fully saturated rings. The molecule has 0 aromatic rings. The van der Waals surface area contributed by atoms with Crippen molar-refractivity contribution in [1.82, 2.24) is 6.15 Å². The Balaban J connectivity index is 0. The fourth-order valence-corrected chi connectivity index (χ4v) is 0.621. The lowest BCUT2D eigenvalue weighted by molar-refractivity contribution is 0.158. The van der Waals surface area contributed by atoms with Gasteiger partial charge in [0.15, 0.2) is 0 Å². The smallest absolute Gasteiger partial charge is 0.0644 e. The molecular weight excluding hydrogens is 126 g/mol. The van der Waals surface area contributed by atoms with Gasteiger partial charge in [-0.25, -0.2) is 0 Å². The van der Waals surface area contributed by atoms with Crippen LogP contribution in [0.25, 0.3) is 0 Å². The Bertz CT molecular complexity index is 64.3. The van der Waals surface area contributed by atoms with Gasteiger partial charge in [0.25, 0.3) is 0 Å². The predicted molar refractivity (Wildman–Crippen MR) is 45.6 cm³/mol. The summed E-state index contributed by atoms with van der Waals surface area (Å²) in [5.74, 6) is 0. The molecule has 2 nitrogen and oxygen atoms in total. The van der Waals surface area contributed by atoms with E-state index in [0.717, 1.165) is 6.61 Å². The molecule has 62 valence electrons. The summed E-state index contributed by atoms with van der Waals surface area (Å²) in [6.07, 6.45) is 5.50. The zero-order chi connectivity index (χ0) is 6.95. The van der Waals surface area contributed by atoms with Crippen LogP contribution < -0.4 is 6.15 Å². The van der Waals surface area contributed by atoms with E-state index in [9.17, 15) is 0 Å². The highest BCUT2D eigenvalue weighted by atomic mass is 16.5. The van der Waals surface area contributed by atoms with Gasteiger partial charge in [-0.2, -0.15) is 0 Å². The lowest BCUT2D eigenvalue weighted by atomic mass is 10.3. The molecule has 0 bridgehead atoms. The summed E-state index contributed by atoms with van der Waals surface area (Å²) in [6, 6.07) is 0. The maximum atomic E-state index is 5.17. The molecule has 0 aromatic carbocycles. The lowest BCUT2D eigenvalue weighted by Gasteiger charge is -1.97. The molecule has 0 saturated carbocycles. The first-order valence-electron chi connectivity index (χ1n) is 3.60. The fraction of sp³-hybridized carbons (Fsp3) is 0.750. The molecule has 0 aliphatic rings. The summed E-state index contributed by atoms with van der Waals surface area (Å²) in [5.41, 5.74) is 0. The van der Waals surface area contributed by atoms with Crippen molar-refractivity contribution in [3.8, 4) is 0 Å². The van der Waals surface area contributed by atoms with Crippen LogP contribution in [-0.4, -0.2) is 13.2 Å². The van der Waals surface area contributed by atoms with Crippen LogP contribution in [-0.2, 0) is 4.74 Å². The molecule has 0 atom stereocenters. The van der Waals surface area contributed by atoms with Crippen LogP contribution in [0.1, 0.15) is 26.2 Å². The van der Waals surface area contributed by atoms with Gasteiger partial charge in [0.05, 0.1) is 6.61 Å². The third-order valence-electron chi connectivity index (χ3n) is 1.13. The highest BCUT2D eigenvalue weighted by Gasteiger charge is 1.83. The van der Waals surface area contributed by atoms with Gasteiger partial charge in [-0.1, -0.05) is 25.8 Å². The van der Waals surface area contributed by atoms with Gasteiger partial charge in [-0.15, -0.1) is 6.58 Å². The van der Waals surface area contributed by atoms with Crippen LogP contribution in [0.2, 0.25) is 0 Å². The zero-order valence-corrected chi connectivity index (χ0v) is 6.94. The second kappa shape index (κ2) is 11.5. The van der Waals surface area contributed by atoms with E-state index in [-0.39, 0.29) is 6.15 Å². The third kappa shape index (κ3) is 10.6. The largest absolute Gasteiger partial charge is 0.377 e. The first-order chi connectivity index (χ1) is 4.41. The maximum Gasteiger partial charge on any atom is 0.0644 e. The minimum Gasteiger partial charge on any atom is -0.377 e. The minimum atomic E-state index is 0. The molecule has 0 saturated heterocycles. The SMILES string of the molecule is C=CCOCCCCC.N. The van der Waals surface area contributed by atoms with Crippen molar-refractivity contribution in [3.05, 3.63) is 12.7 Å². The number of rotatable bonds is 6. The van der Waals surface area contributed by atoms with Crippen molar-refractivity contribution in [2.24, 2.45) is 0 Å². The Kier molecular flexibility index (Phi) is 14.1. The minimum absolute atomic E-state index is 0. The molecule has 0 radical (unpaired) electrons. The Morgan fingerprint density at radius 3 is 2.60 bits per heavy atom. The molecule has 2 heteroatoms. The van der Waals surface area contributed by atoms with E-state index in [0.29, 0.717) is 6.61 Å². The molecule has 0 rings (SSSR count). The molecule has 0 amide bonds. The molecule has 3 N–H and O–H groups in total. The molecule has 0 aromatic heterocycles. The summed E-state index contributed by atoms with van der Waals surface area (Å²) in [7, 11) is 0. The Hall–Kier alpha value is -0.340. The molecule has 0 spiro atoms. The average Bonchev–Trinajstić information content (AvgIpc) is 1.89. The van der Waals surface area contributed by atoms with Crippen molar-refractivity contribution in [3.63, 3.8) is 0 Å². The predicted octanol–water partition coefficient (Wildman–Crippen LogP) is 2.54. The first-order valence-corrected chi connectivity index (χ1v) is 3.60. The first kappa shape index (κ1) is 12.3. The molecule has 0 aliphatic heterocycles. The van der Waals surface area contributed by atoms with Gasteiger partial charge >= 0.3 is 0 Å². The lowest BCUT2D eigenvalue weighted by Crippen LogP contribution is -1.92. The number of hydrogen-bond acceptors (Lipinski definition) is 2. The highest BCUT2D eigenvalue weighted by Crippen LogP contribution is 1.93. The number of unbranched alkanes of at least 4 members (excludes halogenated alkanes) is 2. The quantitative estimate of drug-likeness (QED) is 0.461. The number of hydrogen-bond donors (Lipinski definition) is 1. The van der Waals surface area contributed by atoms with Crippen molar-refractivity contribution < 1.29 is 4.74 Å². The van der Waals surface area contributed by atoms with Crippen LogP contribution >= 0.6 is 0 Å². The maximum absolute atomic E-state index is 5.17. The van der Waals surface area contributed by atoms with Crippen LogP contribution in [0.5, 0.6) is 0 Å². The van der Waals surface area contributed by atoms with E-state index in [1.165, 1.54) is 19.3 Å². The molecule has 10 heavy (non-hydrogen) atoms. The van der Waals surface area contributed by atoms with E-state index in [4.69, 9.17) is 4.74 Å². The standard InChI is InChI=1S/C8H16O.H3N/c1-3-5-6-8-9-7-4-2;/h4H,2-3,5-8H2,1H3;1H3. The van der Waals surface area contributed by atoms with Gasteiger partial charge in [-0.05, 0) is 6.42 Å². The van der Waals surface area contributed by atoms with Gasteiger partial charge < -0.3 is 10.9 Å². The molecule has 0 heterocycles. The van der Waals surface area contributed by atoms with Crippen LogP contribution in [0.15, 0.2) is 12.7 Å². The van der Waals surface area contributed by atoms with Crippen molar-refractivity contribution in [1.29, 1.82) is 0 Å². The summed E-state index contributed by atoms with van der Waals surface area (Å²) in [5, 5.41) is 0. The Morgan fingerprint density at radius 2 is 2.10 bits per heavy atom. The molecule has 0 unspecified atom stereocenters. The van der Waals surface area contributed by atoms with E-state index < -0.39 is 0 Å². The summed E-state index contributed by atoms with van der Waals surface area (Å²) < 4.78 is 5.17. The normalized spacial score (nSPS) is 8.50. The Morgan fingerprint density at radius 1 is 1.40 bits per heavy atom. The van der Waals surface area contributed by atoms with Crippen molar-refractivity contribution in [2.75, 3.05) is 13.2 Å². The van der Waals surface area contributed by atoms with Gasteiger partial charge in [0.2, 0.25) is 0 Å². The van der Waals surface area contributed by atoms with Gasteiger partial charge in [0.1, 0.15) is 0 Å². The van der Waals surface area contributed by atoms with Crippen molar-refractivity contribution in [2.45, 2.75) is 26.2 Å². The highest BCUT2D eigenvalue weighted by molar-refractivity contribution is 4.63. The van der Waals surface area contributed by atoms with Crippen LogP contribution in [0.3, 0.4) is 0 Å². The Labute approximate surface area is 63.9 Å². The summed E-state index contributed by atoms with van der Waals surface area (Å²) in [4.78, 5) is 0. The van der Waals surface area contributed by atoms with E-state index in [1.807, 2.05) is 0 Å². The monoisotopic (exact) mass is 145 g/mol. The van der Waals surface area contributed by atoms with E-state index in [2.05, 4.69) is 13.5 Å². The zero-order valence-electron chi connectivity index (χ0n) is 6.94. The fourth-order valence-electron chi connectivity index (χ4n) is 0.621. The number of ether oxygens (including phenoxy) is 1. The van der Waals surface area contributed by atoms with Crippen LogP contribution in [0, 0.1) is 0 Å². The summed E-state index contributed by atoms with van der Waals surface area (Å²) in [6.45, 7) is 7.33. The second-order valence-electron chi connectivity index (χ2n) is 2.07. The van der Waals surface area contributed by atoms with Gasteiger partial charge in [-0.3, -0.25) is 0 Å². The van der Waals surface area contributed by atoms with E-state index in [1.54, 1.807) is 6.08 Å². The average molecular weight is 145 g/mol. The molecular formula is C8H19NO. The molecule has 0 aliphatic carbocycles. The van der Waals surface area contributed by atoms with Crippen LogP contribution in [0.4, 0.5) is 0 Å². The third-order valence-corrected chi connectivity index (χ3v) is 1.13. The summed E-state index contributed by atoms with van der Waals surface area (Å²) >= 11 is 0.